The van der Waals surface area contributed by atoms with Gasteiger partial charge in [-0.25, -0.2) is 0 Å². The zero-order chi connectivity index (χ0) is 9.03. The normalized spacial score (nSPS) is 23.0. The first-order valence-corrected chi connectivity index (χ1v) is 4.84. The summed E-state index contributed by atoms with van der Waals surface area (Å²) in [6, 6.07) is 0. The Labute approximate surface area is 75.9 Å². The Kier molecular flexibility index (Phi) is 3.53. The van der Waals surface area contributed by atoms with Crippen molar-refractivity contribution < 1.29 is 4.74 Å². The molecule has 1 heterocycles. The van der Waals surface area contributed by atoms with Crippen LogP contribution in [0.4, 0.5) is 0 Å². The van der Waals surface area contributed by atoms with Crippen molar-refractivity contribution in [1.29, 1.82) is 0 Å². The van der Waals surface area contributed by atoms with Gasteiger partial charge in [-0.2, -0.15) is 0 Å². The second-order valence-electron chi connectivity index (χ2n) is 3.39. The third-order valence-electron chi connectivity index (χ3n) is 2.75. The first-order valence-electron chi connectivity index (χ1n) is 4.84. The van der Waals surface area contributed by atoms with Crippen LogP contribution < -0.4 is 0 Å². The number of hydrogen-bond donors (Lipinski definition) is 0. The van der Waals surface area contributed by atoms with Crippen LogP contribution in [0.1, 0.15) is 26.7 Å². The standard InChI is InChI=1S/C10H19NO/c1-4-11(5-2)10(3)6-8-12-9-7-10/h3H,4-9H2,1-2H3. The second-order valence-corrected chi connectivity index (χ2v) is 3.39. The Morgan fingerprint density at radius 3 is 2.17 bits per heavy atom. The van der Waals surface area contributed by atoms with E-state index in [4.69, 9.17) is 11.7 Å². The number of ether oxygens (including phenoxy) is 1. The summed E-state index contributed by atoms with van der Waals surface area (Å²) < 4.78 is 5.30. The number of hydrogen-bond acceptors (Lipinski definition) is 2. The molecule has 0 aromatic heterocycles. The molecule has 2 radical (unpaired) electrons. The highest BCUT2D eigenvalue weighted by atomic mass is 16.5. The van der Waals surface area contributed by atoms with E-state index in [1.807, 2.05) is 0 Å². The average Bonchev–Trinajstić information content (AvgIpc) is 2.07. The van der Waals surface area contributed by atoms with Crippen LogP contribution in [-0.4, -0.2) is 36.7 Å². The van der Waals surface area contributed by atoms with E-state index in [-0.39, 0.29) is 5.54 Å². The van der Waals surface area contributed by atoms with Crippen LogP contribution in [0, 0.1) is 6.92 Å². The molecule has 0 unspecified atom stereocenters. The van der Waals surface area contributed by atoms with Crippen LogP contribution in [0.3, 0.4) is 0 Å². The van der Waals surface area contributed by atoms with Gasteiger partial charge >= 0.3 is 0 Å². The Hall–Kier alpha value is -0.0800. The Bertz CT molecular complexity index is 126. The zero-order valence-electron chi connectivity index (χ0n) is 8.18. The van der Waals surface area contributed by atoms with Crippen molar-refractivity contribution in [2.75, 3.05) is 26.3 Å². The van der Waals surface area contributed by atoms with Crippen molar-refractivity contribution in [2.45, 2.75) is 32.2 Å². The zero-order valence-corrected chi connectivity index (χ0v) is 8.18. The summed E-state index contributed by atoms with van der Waals surface area (Å²) in [6.45, 7) is 14.3. The van der Waals surface area contributed by atoms with E-state index in [0.29, 0.717) is 0 Å². The lowest BCUT2D eigenvalue weighted by atomic mass is 9.90. The summed E-state index contributed by atoms with van der Waals surface area (Å²) in [5.74, 6) is 0. The van der Waals surface area contributed by atoms with Crippen LogP contribution in [0.25, 0.3) is 0 Å². The lowest BCUT2D eigenvalue weighted by molar-refractivity contribution is -0.000659. The summed E-state index contributed by atoms with van der Waals surface area (Å²) in [5, 5.41) is 0. The fraction of sp³-hybridized carbons (Fsp3) is 0.900. The quantitative estimate of drug-likeness (QED) is 0.636. The van der Waals surface area contributed by atoms with Gasteiger partial charge in [-0.15, -0.1) is 0 Å². The molecule has 0 saturated carbocycles. The van der Waals surface area contributed by atoms with Crippen LogP contribution >= 0.6 is 0 Å². The molecular formula is C10H19NO. The average molecular weight is 169 g/mol. The first-order chi connectivity index (χ1) is 5.73. The monoisotopic (exact) mass is 169 g/mol. The molecule has 1 aliphatic rings. The van der Waals surface area contributed by atoms with Crippen LogP contribution in [0.5, 0.6) is 0 Å². The SMILES string of the molecule is [CH]C1(N(CC)CC)CCOCC1. The van der Waals surface area contributed by atoms with Crippen molar-refractivity contribution in [3.63, 3.8) is 0 Å². The maximum atomic E-state index is 6.27. The minimum Gasteiger partial charge on any atom is -0.381 e. The molecule has 0 aromatic rings. The highest BCUT2D eigenvalue weighted by molar-refractivity contribution is 4.94. The van der Waals surface area contributed by atoms with Gasteiger partial charge in [0, 0.05) is 18.8 Å². The third-order valence-corrected chi connectivity index (χ3v) is 2.75. The largest absolute Gasteiger partial charge is 0.381 e. The maximum absolute atomic E-state index is 6.27. The van der Waals surface area contributed by atoms with Gasteiger partial charge in [-0.05, 0) is 32.9 Å². The summed E-state index contributed by atoms with van der Waals surface area (Å²) in [4.78, 5) is 2.33. The molecule has 0 aliphatic carbocycles. The molecule has 0 atom stereocenters. The molecule has 2 nitrogen and oxygen atoms in total. The van der Waals surface area contributed by atoms with E-state index in [1.165, 1.54) is 0 Å². The highest BCUT2D eigenvalue weighted by Gasteiger charge is 2.32. The van der Waals surface area contributed by atoms with E-state index in [1.54, 1.807) is 0 Å². The van der Waals surface area contributed by atoms with Crippen LogP contribution in [0.15, 0.2) is 0 Å². The second kappa shape index (κ2) is 4.24. The summed E-state index contributed by atoms with van der Waals surface area (Å²) >= 11 is 0. The summed E-state index contributed by atoms with van der Waals surface area (Å²) in [6.07, 6.45) is 1.93. The highest BCUT2D eigenvalue weighted by Crippen LogP contribution is 2.26. The summed E-state index contributed by atoms with van der Waals surface area (Å²) in [7, 11) is 0. The van der Waals surface area contributed by atoms with Crippen molar-refractivity contribution in [3.8, 4) is 0 Å². The molecule has 1 rings (SSSR count). The molecule has 70 valence electrons. The molecule has 1 aliphatic heterocycles. The van der Waals surface area contributed by atoms with Crippen molar-refractivity contribution in [2.24, 2.45) is 0 Å². The van der Waals surface area contributed by atoms with E-state index < -0.39 is 0 Å². The maximum Gasteiger partial charge on any atom is 0.0483 e. The molecule has 1 saturated heterocycles. The Morgan fingerprint density at radius 2 is 1.75 bits per heavy atom. The van der Waals surface area contributed by atoms with Gasteiger partial charge in [0.1, 0.15) is 0 Å². The number of nitrogens with zero attached hydrogens (tertiary/aromatic N) is 1. The van der Waals surface area contributed by atoms with Crippen LogP contribution in [-0.2, 0) is 4.74 Å². The van der Waals surface area contributed by atoms with Crippen LogP contribution in [0.2, 0.25) is 0 Å². The van der Waals surface area contributed by atoms with Crippen molar-refractivity contribution in [1.82, 2.24) is 4.90 Å². The smallest absolute Gasteiger partial charge is 0.0483 e. The molecule has 0 spiro atoms. The van der Waals surface area contributed by atoms with Gasteiger partial charge in [0.05, 0.1) is 0 Å². The van der Waals surface area contributed by atoms with Gasteiger partial charge in [0.15, 0.2) is 0 Å². The minimum absolute atomic E-state index is 0.0955. The lowest BCUT2D eigenvalue weighted by Gasteiger charge is -2.42. The Balaban J connectivity index is 2.53. The molecule has 2 heteroatoms. The van der Waals surface area contributed by atoms with Crippen molar-refractivity contribution >= 4 is 0 Å². The fourth-order valence-electron chi connectivity index (χ4n) is 1.89. The van der Waals surface area contributed by atoms with Gasteiger partial charge in [0.2, 0.25) is 0 Å². The van der Waals surface area contributed by atoms with E-state index in [2.05, 4.69) is 18.7 Å². The van der Waals surface area contributed by atoms with E-state index >= 15 is 0 Å². The van der Waals surface area contributed by atoms with E-state index in [9.17, 15) is 0 Å². The van der Waals surface area contributed by atoms with Crippen molar-refractivity contribution in [3.05, 3.63) is 6.92 Å². The molecular weight excluding hydrogens is 150 g/mol. The molecule has 0 aromatic carbocycles. The predicted molar refractivity (Wildman–Crippen MR) is 50.0 cm³/mol. The van der Waals surface area contributed by atoms with Gasteiger partial charge in [0.25, 0.3) is 0 Å². The fourth-order valence-corrected chi connectivity index (χ4v) is 1.89. The van der Waals surface area contributed by atoms with Gasteiger partial charge in [-0.3, -0.25) is 4.90 Å². The van der Waals surface area contributed by atoms with E-state index in [0.717, 1.165) is 39.1 Å². The molecule has 0 amide bonds. The molecule has 0 bridgehead atoms. The first kappa shape index (κ1) is 10.0. The summed E-state index contributed by atoms with van der Waals surface area (Å²) in [5.41, 5.74) is -0.0955. The number of rotatable bonds is 3. The lowest BCUT2D eigenvalue weighted by Crippen LogP contribution is -2.49. The van der Waals surface area contributed by atoms with Gasteiger partial charge in [-0.1, -0.05) is 13.8 Å². The minimum atomic E-state index is -0.0955. The molecule has 1 fully saturated rings. The topological polar surface area (TPSA) is 12.5 Å². The third kappa shape index (κ3) is 1.99. The molecule has 0 N–H and O–H groups in total. The van der Waals surface area contributed by atoms with Gasteiger partial charge < -0.3 is 4.74 Å². The predicted octanol–water partition coefficient (Wildman–Crippen LogP) is 1.59. The Morgan fingerprint density at radius 1 is 1.25 bits per heavy atom. The molecule has 12 heavy (non-hydrogen) atoms.